The Hall–Kier alpha value is -1.96. The van der Waals surface area contributed by atoms with E-state index in [1.165, 1.54) is 56.9 Å². The van der Waals surface area contributed by atoms with Crippen LogP contribution in [0.2, 0.25) is 0 Å². The fraction of sp³-hybridized carbons (Fsp3) is 0.455. The molecule has 0 amide bonds. The SMILES string of the molecule is CCCCCCCCCCc1ccc2c(c1)Nc1ccccc1O2. The van der Waals surface area contributed by atoms with E-state index in [9.17, 15) is 0 Å². The molecule has 0 aromatic heterocycles. The molecule has 0 saturated carbocycles. The summed E-state index contributed by atoms with van der Waals surface area (Å²) in [7, 11) is 0. The zero-order valence-corrected chi connectivity index (χ0v) is 14.8. The van der Waals surface area contributed by atoms with Gasteiger partial charge in [0.2, 0.25) is 0 Å². The largest absolute Gasteiger partial charge is 0.453 e. The normalized spacial score (nSPS) is 12.0. The maximum absolute atomic E-state index is 5.96. The van der Waals surface area contributed by atoms with Gasteiger partial charge in [0.25, 0.3) is 0 Å². The third kappa shape index (κ3) is 4.53. The summed E-state index contributed by atoms with van der Waals surface area (Å²) in [4.78, 5) is 0. The van der Waals surface area contributed by atoms with Gasteiger partial charge in [-0.15, -0.1) is 0 Å². The van der Waals surface area contributed by atoms with Gasteiger partial charge in [0.1, 0.15) is 0 Å². The number of fused-ring (bicyclic) bond motifs is 2. The van der Waals surface area contributed by atoms with Gasteiger partial charge in [-0.1, -0.05) is 70.1 Å². The average molecular weight is 323 g/mol. The van der Waals surface area contributed by atoms with Crippen LogP contribution in [0.15, 0.2) is 42.5 Å². The van der Waals surface area contributed by atoms with Crippen LogP contribution in [0.4, 0.5) is 11.4 Å². The minimum atomic E-state index is 0.904. The second kappa shape index (κ2) is 8.77. The number of unbranched alkanes of at least 4 members (excludes halogenated alkanes) is 7. The van der Waals surface area contributed by atoms with Gasteiger partial charge < -0.3 is 10.1 Å². The molecule has 128 valence electrons. The van der Waals surface area contributed by atoms with Crippen LogP contribution >= 0.6 is 0 Å². The Labute approximate surface area is 146 Å². The Balaban J connectivity index is 1.44. The first kappa shape index (κ1) is 16.9. The Morgan fingerprint density at radius 2 is 1.46 bits per heavy atom. The highest BCUT2D eigenvalue weighted by Gasteiger charge is 2.15. The molecule has 0 bridgehead atoms. The summed E-state index contributed by atoms with van der Waals surface area (Å²) in [5.74, 6) is 1.83. The van der Waals surface area contributed by atoms with Gasteiger partial charge in [-0.3, -0.25) is 0 Å². The first-order valence-electron chi connectivity index (χ1n) is 9.53. The van der Waals surface area contributed by atoms with Gasteiger partial charge in [0.15, 0.2) is 11.5 Å². The molecule has 0 aliphatic carbocycles. The van der Waals surface area contributed by atoms with E-state index >= 15 is 0 Å². The van der Waals surface area contributed by atoms with E-state index in [2.05, 4.69) is 36.5 Å². The number of nitrogens with one attached hydrogen (secondary N) is 1. The standard InChI is InChI=1S/C22H29NO/c1-2-3-4-5-6-7-8-9-12-18-15-16-22-20(17-18)23-19-13-10-11-14-21(19)24-22/h10-11,13-17,23H,2-9,12H2,1H3. The van der Waals surface area contributed by atoms with Crippen molar-refractivity contribution in [3.63, 3.8) is 0 Å². The summed E-state index contributed by atoms with van der Waals surface area (Å²) in [6.07, 6.45) is 12.1. The fourth-order valence-electron chi connectivity index (χ4n) is 3.30. The molecule has 1 aliphatic rings. The zero-order valence-electron chi connectivity index (χ0n) is 14.8. The first-order valence-corrected chi connectivity index (χ1v) is 9.53. The number of ether oxygens (including phenoxy) is 1. The molecule has 0 atom stereocenters. The van der Waals surface area contributed by atoms with Gasteiger partial charge in [0.05, 0.1) is 11.4 Å². The highest BCUT2D eigenvalue weighted by Crippen LogP contribution is 2.41. The lowest BCUT2D eigenvalue weighted by Gasteiger charge is -2.22. The summed E-state index contributed by atoms with van der Waals surface area (Å²) >= 11 is 0. The minimum absolute atomic E-state index is 0.904. The van der Waals surface area contributed by atoms with Crippen molar-refractivity contribution in [3.05, 3.63) is 48.0 Å². The Bertz CT molecular complexity index is 650. The van der Waals surface area contributed by atoms with Crippen molar-refractivity contribution in [2.24, 2.45) is 0 Å². The molecule has 2 nitrogen and oxygen atoms in total. The maximum Gasteiger partial charge on any atom is 0.150 e. The molecule has 1 aliphatic heterocycles. The van der Waals surface area contributed by atoms with E-state index in [4.69, 9.17) is 4.74 Å². The second-order valence-corrected chi connectivity index (χ2v) is 6.78. The fourth-order valence-corrected chi connectivity index (χ4v) is 3.30. The lowest BCUT2D eigenvalue weighted by Crippen LogP contribution is -2.03. The lowest BCUT2D eigenvalue weighted by molar-refractivity contribution is 0.481. The molecule has 1 heterocycles. The maximum atomic E-state index is 5.96. The van der Waals surface area contributed by atoms with Crippen molar-refractivity contribution in [3.8, 4) is 11.5 Å². The molecule has 2 aromatic carbocycles. The summed E-state index contributed by atoms with van der Waals surface area (Å²) in [6.45, 7) is 2.27. The average Bonchev–Trinajstić information content (AvgIpc) is 2.62. The van der Waals surface area contributed by atoms with Gasteiger partial charge in [-0.25, -0.2) is 0 Å². The highest BCUT2D eigenvalue weighted by atomic mass is 16.5. The molecule has 0 unspecified atom stereocenters. The molecule has 2 heteroatoms. The Kier molecular flexibility index (Phi) is 6.17. The van der Waals surface area contributed by atoms with Crippen molar-refractivity contribution in [2.45, 2.75) is 64.7 Å². The van der Waals surface area contributed by atoms with Gasteiger partial charge in [-0.2, -0.15) is 0 Å². The molecular weight excluding hydrogens is 294 g/mol. The molecule has 0 spiro atoms. The van der Waals surface area contributed by atoms with Crippen LogP contribution in [-0.4, -0.2) is 0 Å². The molecular formula is C22H29NO. The lowest BCUT2D eigenvalue weighted by atomic mass is 10.0. The van der Waals surface area contributed by atoms with E-state index in [0.717, 1.165) is 29.3 Å². The monoisotopic (exact) mass is 323 g/mol. The van der Waals surface area contributed by atoms with Gasteiger partial charge in [0, 0.05) is 0 Å². The van der Waals surface area contributed by atoms with Crippen molar-refractivity contribution < 1.29 is 4.74 Å². The predicted molar refractivity (Wildman–Crippen MR) is 103 cm³/mol. The molecule has 0 saturated heterocycles. The number of para-hydroxylation sites is 2. The summed E-state index contributed by atoms with van der Waals surface area (Å²) in [6, 6.07) is 14.6. The number of aryl methyl sites for hydroxylation is 1. The van der Waals surface area contributed by atoms with E-state index in [1.807, 2.05) is 18.2 Å². The number of rotatable bonds is 9. The molecule has 2 aromatic rings. The number of anilines is 2. The van der Waals surface area contributed by atoms with E-state index < -0.39 is 0 Å². The predicted octanol–water partition coefficient (Wildman–Crippen LogP) is 7.22. The molecule has 24 heavy (non-hydrogen) atoms. The topological polar surface area (TPSA) is 21.3 Å². The van der Waals surface area contributed by atoms with Crippen molar-refractivity contribution in [2.75, 3.05) is 5.32 Å². The summed E-state index contributed by atoms with van der Waals surface area (Å²) in [5.41, 5.74) is 3.54. The quantitative estimate of drug-likeness (QED) is 0.420. The molecule has 1 N–H and O–H groups in total. The van der Waals surface area contributed by atoms with Crippen LogP contribution in [0.1, 0.15) is 63.9 Å². The van der Waals surface area contributed by atoms with Crippen LogP contribution in [0.25, 0.3) is 0 Å². The third-order valence-electron chi connectivity index (χ3n) is 4.74. The van der Waals surface area contributed by atoms with Gasteiger partial charge in [-0.05, 0) is 42.7 Å². The first-order chi connectivity index (χ1) is 11.9. The van der Waals surface area contributed by atoms with E-state index in [0.29, 0.717) is 0 Å². The zero-order chi connectivity index (χ0) is 16.6. The minimum Gasteiger partial charge on any atom is -0.453 e. The number of hydrogen-bond donors (Lipinski definition) is 1. The summed E-state index contributed by atoms with van der Waals surface area (Å²) < 4.78 is 5.96. The van der Waals surface area contributed by atoms with Crippen molar-refractivity contribution >= 4 is 11.4 Å². The van der Waals surface area contributed by atoms with Gasteiger partial charge >= 0.3 is 0 Å². The van der Waals surface area contributed by atoms with Crippen molar-refractivity contribution in [1.29, 1.82) is 0 Å². The van der Waals surface area contributed by atoms with Crippen molar-refractivity contribution in [1.82, 2.24) is 0 Å². The van der Waals surface area contributed by atoms with E-state index in [1.54, 1.807) is 0 Å². The third-order valence-corrected chi connectivity index (χ3v) is 4.74. The summed E-state index contributed by atoms with van der Waals surface area (Å²) in [5, 5.41) is 3.49. The number of benzene rings is 2. The highest BCUT2D eigenvalue weighted by molar-refractivity contribution is 5.75. The Morgan fingerprint density at radius 1 is 0.750 bits per heavy atom. The van der Waals surface area contributed by atoms with Crippen LogP contribution in [0.5, 0.6) is 11.5 Å². The van der Waals surface area contributed by atoms with Crippen LogP contribution in [-0.2, 0) is 6.42 Å². The Morgan fingerprint density at radius 3 is 2.29 bits per heavy atom. The number of hydrogen-bond acceptors (Lipinski definition) is 2. The molecule has 0 fully saturated rings. The smallest absolute Gasteiger partial charge is 0.150 e. The molecule has 0 radical (unpaired) electrons. The second-order valence-electron chi connectivity index (χ2n) is 6.78. The molecule has 3 rings (SSSR count). The van der Waals surface area contributed by atoms with Crippen LogP contribution in [0, 0.1) is 0 Å². The van der Waals surface area contributed by atoms with E-state index in [-0.39, 0.29) is 0 Å². The van der Waals surface area contributed by atoms with Crippen LogP contribution < -0.4 is 10.1 Å². The van der Waals surface area contributed by atoms with Crippen LogP contribution in [0.3, 0.4) is 0 Å².